The Morgan fingerprint density at radius 3 is 2.55 bits per heavy atom. The van der Waals surface area contributed by atoms with Crippen molar-refractivity contribution in [3.05, 3.63) is 65.4 Å². The molecule has 0 radical (unpaired) electrons. The third-order valence-electron chi connectivity index (χ3n) is 8.34. The van der Waals surface area contributed by atoms with Crippen LogP contribution in [-0.4, -0.2) is 71.1 Å². The van der Waals surface area contributed by atoms with E-state index in [2.05, 4.69) is 20.9 Å². The van der Waals surface area contributed by atoms with E-state index < -0.39 is 35.6 Å². The van der Waals surface area contributed by atoms with E-state index in [4.69, 9.17) is 4.74 Å². The number of hydrogen-bond acceptors (Lipinski definition) is 6. The second kappa shape index (κ2) is 11.3. The number of H-pyrrole nitrogens is 1. The van der Waals surface area contributed by atoms with Crippen LogP contribution in [0.15, 0.2) is 48.5 Å². The van der Waals surface area contributed by atoms with Gasteiger partial charge in [-0.1, -0.05) is 30.3 Å². The zero-order chi connectivity index (χ0) is 29.4. The lowest BCUT2D eigenvalue weighted by Crippen LogP contribution is -2.57. The van der Waals surface area contributed by atoms with Gasteiger partial charge in [0.15, 0.2) is 0 Å². The maximum atomic E-state index is 14.0. The lowest BCUT2D eigenvalue weighted by atomic mass is 9.91. The molecule has 11 nitrogen and oxygen atoms in total. The van der Waals surface area contributed by atoms with Gasteiger partial charge in [0.25, 0.3) is 11.8 Å². The molecule has 0 unspecified atom stereocenters. The Kier molecular flexibility index (Phi) is 7.40. The number of aromatic nitrogens is 1. The summed E-state index contributed by atoms with van der Waals surface area (Å²) < 4.78 is 5.45. The van der Waals surface area contributed by atoms with Gasteiger partial charge in [0.2, 0.25) is 17.6 Å². The van der Waals surface area contributed by atoms with Crippen LogP contribution in [0.4, 0.5) is 0 Å². The molecule has 0 bridgehead atoms. The van der Waals surface area contributed by atoms with E-state index in [0.717, 1.165) is 34.9 Å². The van der Waals surface area contributed by atoms with Crippen LogP contribution in [0.1, 0.15) is 47.3 Å². The lowest BCUT2D eigenvalue weighted by molar-refractivity contribution is -0.141. The molecule has 0 spiro atoms. The summed E-state index contributed by atoms with van der Waals surface area (Å²) >= 11 is 0. The average Bonchev–Trinajstić information content (AvgIpc) is 3.55. The summed E-state index contributed by atoms with van der Waals surface area (Å²) in [7, 11) is 1.56. The molecule has 3 aromatic rings. The molecule has 4 amide bonds. The number of nitrogens with zero attached hydrogens (tertiary/aromatic N) is 1. The summed E-state index contributed by atoms with van der Waals surface area (Å²) in [5.41, 5.74) is 2.86. The predicted octanol–water partition coefficient (Wildman–Crippen LogP) is 1.60. The summed E-state index contributed by atoms with van der Waals surface area (Å²) in [5, 5.41) is 8.94. The number of carbonyl (C=O) groups excluding carboxylic acids is 5. The topological polar surface area (TPSA) is 150 Å². The van der Waals surface area contributed by atoms with Crippen LogP contribution < -0.4 is 20.7 Å². The van der Waals surface area contributed by atoms with Crippen molar-refractivity contribution < 1.29 is 28.7 Å². The van der Waals surface area contributed by atoms with E-state index in [0.29, 0.717) is 24.4 Å². The standard InChI is InChI=1S/C31H33N5O6/c1-42-26-8-4-7-22-21(26)15-24(34-22)31(41)36-16-19-6-3-2-5-17(19)14-25(36)29(39)35-23(13-18-11-12-32-28(18)38)27(37)30(40)33-20-9-10-20/h2-8,15,18,20,23,25,34H,9-14,16H2,1H3,(H,32,38)(H,33,40)(H,35,39)/t18-,23-,25-/m0/s1. The first-order valence-electron chi connectivity index (χ1n) is 14.3. The van der Waals surface area contributed by atoms with E-state index in [1.165, 1.54) is 4.90 Å². The van der Waals surface area contributed by atoms with Gasteiger partial charge in [-0.2, -0.15) is 0 Å². The number of amides is 4. The fraction of sp³-hybridized carbons (Fsp3) is 0.387. The maximum Gasteiger partial charge on any atom is 0.289 e. The molecule has 4 N–H and O–H groups in total. The minimum absolute atomic E-state index is 0.00750. The van der Waals surface area contributed by atoms with Gasteiger partial charge >= 0.3 is 0 Å². The number of aromatic amines is 1. The summed E-state index contributed by atoms with van der Waals surface area (Å²) in [6.07, 6.45) is 2.36. The molecule has 1 saturated carbocycles. The largest absolute Gasteiger partial charge is 0.496 e. The average molecular weight is 572 g/mol. The second-order valence-electron chi connectivity index (χ2n) is 11.2. The van der Waals surface area contributed by atoms with Gasteiger partial charge in [-0.05, 0) is 55.0 Å². The number of ether oxygens (including phenoxy) is 1. The number of Topliss-reactive ketones (excluding diaryl/α,β-unsaturated/α-hetero) is 1. The first-order chi connectivity index (χ1) is 20.3. The first-order valence-corrected chi connectivity index (χ1v) is 14.3. The zero-order valence-corrected chi connectivity index (χ0v) is 23.3. The number of methoxy groups -OCH3 is 1. The molecule has 42 heavy (non-hydrogen) atoms. The third kappa shape index (κ3) is 5.46. The van der Waals surface area contributed by atoms with Gasteiger partial charge in [0.05, 0.1) is 13.2 Å². The summed E-state index contributed by atoms with van der Waals surface area (Å²) in [6, 6.07) is 12.6. The number of fused-ring (bicyclic) bond motifs is 2. The molecule has 11 heteroatoms. The van der Waals surface area contributed by atoms with Gasteiger partial charge in [0, 0.05) is 42.4 Å². The molecule has 2 fully saturated rings. The van der Waals surface area contributed by atoms with Crippen LogP contribution in [0.25, 0.3) is 10.9 Å². The minimum Gasteiger partial charge on any atom is -0.496 e. The van der Waals surface area contributed by atoms with Gasteiger partial charge in [-0.3, -0.25) is 24.0 Å². The fourth-order valence-electron chi connectivity index (χ4n) is 5.84. The first kappa shape index (κ1) is 27.5. The highest BCUT2D eigenvalue weighted by molar-refractivity contribution is 6.38. The molecular formula is C31H33N5O6. The van der Waals surface area contributed by atoms with Crippen LogP contribution in [0.3, 0.4) is 0 Å². The van der Waals surface area contributed by atoms with Crippen LogP contribution >= 0.6 is 0 Å². The molecule has 3 atom stereocenters. The normalized spacial score (nSPS) is 20.4. The quantitative estimate of drug-likeness (QED) is 0.287. The fourth-order valence-corrected chi connectivity index (χ4v) is 5.84. The van der Waals surface area contributed by atoms with E-state index in [1.807, 2.05) is 36.4 Å². The van der Waals surface area contributed by atoms with Gasteiger partial charge in [-0.25, -0.2) is 0 Å². The molecular weight excluding hydrogens is 538 g/mol. The third-order valence-corrected chi connectivity index (χ3v) is 8.34. The smallest absolute Gasteiger partial charge is 0.289 e. The van der Waals surface area contributed by atoms with Crippen molar-refractivity contribution in [1.82, 2.24) is 25.8 Å². The van der Waals surface area contributed by atoms with E-state index in [9.17, 15) is 24.0 Å². The van der Waals surface area contributed by atoms with E-state index in [-0.39, 0.29) is 37.2 Å². The molecule has 1 saturated heterocycles. The van der Waals surface area contributed by atoms with Crippen molar-refractivity contribution in [2.45, 2.75) is 56.8 Å². The molecule has 3 heterocycles. The van der Waals surface area contributed by atoms with Gasteiger partial charge in [-0.15, -0.1) is 0 Å². The molecule has 6 rings (SSSR count). The number of hydrogen-bond donors (Lipinski definition) is 4. The molecule has 2 aromatic carbocycles. The molecule has 1 aromatic heterocycles. The summed E-state index contributed by atoms with van der Waals surface area (Å²) in [6.45, 7) is 0.662. The van der Waals surface area contributed by atoms with Crippen LogP contribution in [-0.2, 0) is 32.1 Å². The Bertz CT molecular complexity index is 1580. The van der Waals surface area contributed by atoms with Crippen molar-refractivity contribution in [3.63, 3.8) is 0 Å². The number of nitrogens with one attached hydrogen (secondary N) is 4. The summed E-state index contributed by atoms with van der Waals surface area (Å²) in [4.78, 5) is 70.8. The van der Waals surface area contributed by atoms with Crippen molar-refractivity contribution in [2.24, 2.45) is 5.92 Å². The van der Waals surface area contributed by atoms with Crippen LogP contribution in [0.5, 0.6) is 5.75 Å². The number of benzene rings is 2. The predicted molar refractivity (Wildman–Crippen MR) is 152 cm³/mol. The lowest BCUT2D eigenvalue weighted by Gasteiger charge is -2.36. The Morgan fingerprint density at radius 2 is 1.83 bits per heavy atom. The monoisotopic (exact) mass is 571 g/mol. The Balaban J connectivity index is 1.29. The number of carbonyl (C=O) groups is 5. The minimum atomic E-state index is -1.20. The van der Waals surface area contributed by atoms with Crippen LogP contribution in [0.2, 0.25) is 0 Å². The molecule has 2 aliphatic heterocycles. The zero-order valence-electron chi connectivity index (χ0n) is 23.3. The van der Waals surface area contributed by atoms with Crippen molar-refractivity contribution >= 4 is 40.3 Å². The van der Waals surface area contributed by atoms with Crippen molar-refractivity contribution in [3.8, 4) is 5.75 Å². The highest BCUT2D eigenvalue weighted by Gasteiger charge is 2.40. The molecule has 218 valence electrons. The Morgan fingerprint density at radius 1 is 1.05 bits per heavy atom. The molecule has 1 aliphatic carbocycles. The maximum absolute atomic E-state index is 14.0. The van der Waals surface area contributed by atoms with E-state index in [1.54, 1.807) is 19.2 Å². The highest BCUT2D eigenvalue weighted by atomic mass is 16.5. The Hall–Kier alpha value is -4.67. The van der Waals surface area contributed by atoms with Gasteiger partial charge in [0.1, 0.15) is 17.5 Å². The number of ketones is 1. The van der Waals surface area contributed by atoms with Gasteiger partial charge < -0.3 is 30.6 Å². The van der Waals surface area contributed by atoms with Crippen molar-refractivity contribution in [1.29, 1.82) is 0 Å². The second-order valence-corrected chi connectivity index (χ2v) is 11.2. The van der Waals surface area contributed by atoms with E-state index >= 15 is 0 Å². The van der Waals surface area contributed by atoms with Crippen molar-refractivity contribution in [2.75, 3.05) is 13.7 Å². The molecule has 3 aliphatic rings. The SMILES string of the molecule is COc1cccc2[nH]c(C(=O)N3Cc4ccccc4C[C@H]3C(=O)N[C@@H](C[C@@H]3CCNC3=O)C(=O)C(=O)NC3CC3)cc12. The number of rotatable bonds is 9. The van der Waals surface area contributed by atoms with Crippen LogP contribution in [0, 0.1) is 5.92 Å². The highest BCUT2D eigenvalue weighted by Crippen LogP contribution is 2.30. The summed E-state index contributed by atoms with van der Waals surface area (Å²) in [5.74, 6) is -2.58. The Labute approximate surface area is 242 Å².